The van der Waals surface area contributed by atoms with Crippen LogP contribution in [0.15, 0.2) is 30.3 Å². The van der Waals surface area contributed by atoms with Crippen molar-refractivity contribution in [3.63, 3.8) is 0 Å². The minimum Gasteiger partial charge on any atom is -0.383 e. The molecule has 0 fully saturated rings. The normalized spacial score (nSPS) is 10.3. The first kappa shape index (κ1) is 16.2. The minimum absolute atomic E-state index is 0.242. The van der Waals surface area contributed by atoms with E-state index >= 15 is 0 Å². The van der Waals surface area contributed by atoms with Crippen LogP contribution in [0.1, 0.15) is 16.1 Å². The Bertz CT molecular complexity index is 646. The van der Waals surface area contributed by atoms with Crippen LogP contribution in [0.25, 0.3) is 0 Å². The topological polar surface area (TPSA) is 76.1 Å². The summed E-state index contributed by atoms with van der Waals surface area (Å²) in [5.74, 6) is 0.276. The van der Waals surface area contributed by atoms with Gasteiger partial charge in [0.2, 0.25) is 0 Å². The fourth-order valence-electron chi connectivity index (χ4n) is 1.78. The van der Waals surface area contributed by atoms with Gasteiger partial charge in [0.1, 0.15) is 5.82 Å². The Kier molecular flexibility index (Phi) is 5.68. The highest BCUT2D eigenvalue weighted by Gasteiger charge is 2.10. The van der Waals surface area contributed by atoms with Crippen molar-refractivity contribution in [2.45, 2.75) is 6.92 Å². The molecule has 0 bridgehead atoms. The summed E-state index contributed by atoms with van der Waals surface area (Å²) in [6.45, 7) is 3.07. The summed E-state index contributed by atoms with van der Waals surface area (Å²) in [6.07, 6.45) is 0. The second-order valence-electron chi connectivity index (χ2n) is 4.64. The maximum Gasteiger partial charge on any atom is 0.276 e. The molecule has 116 valence electrons. The predicted octanol–water partition coefficient (Wildman–Crippen LogP) is 2.75. The Balaban J connectivity index is 2.00. The SMILES string of the molecule is COCCNc1ccc(C(=O)Nc2ccc(Cl)cc2C)nn1. The second-order valence-corrected chi connectivity index (χ2v) is 5.07. The number of hydrogen-bond acceptors (Lipinski definition) is 5. The van der Waals surface area contributed by atoms with E-state index in [2.05, 4.69) is 20.8 Å². The Labute approximate surface area is 133 Å². The third-order valence-corrected chi connectivity index (χ3v) is 3.18. The first-order chi connectivity index (χ1) is 10.6. The molecule has 2 N–H and O–H groups in total. The molecule has 0 spiro atoms. The fourth-order valence-corrected chi connectivity index (χ4v) is 2.01. The Morgan fingerprint density at radius 3 is 2.73 bits per heavy atom. The third-order valence-electron chi connectivity index (χ3n) is 2.95. The van der Waals surface area contributed by atoms with Crippen LogP contribution in [-0.4, -0.2) is 36.4 Å². The average Bonchev–Trinajstić information content (AvgIpc) is 2.51. The smallest absolute Gasteiger partial charge is 0.276 e. The summed E-state index contributed by atoms with van der Waals surface area (Å²) in [7, 11) is 1.62. The van der Waals surface area contributed by atoms with Gasteiger partial charge in [0.25, 0.3) is 5.91 Å². The van der Waals surface area contributed by atoms with E-state index < -0.39 is 0 Å². The largest absolute Gasteiger partial charge is 0.383 e. The van der Waals surface area contributed by atoms with Gasteiger partial charge in [-0.25, -0.2) is 0 Å². The van der Waals surface area contributed by atoms with Crippen LogP contribution in [0.5, 0.6) is 0 Å². The van der Waals surface area contributed by atoms with Gasteiger partial charge in [0.05, 0.1) is 6.61 Å². The number of nitrogens with one attached hydrogen (secondary N) is 2. The molecular formula is C15H17ClN4O2. The standard InChI is InChI=1S/C15H17ClN4O2/c1-10-9-11(16)3-4-12(10)18-15(21)13-5-6-14(20-19-13)17-7-8-22-2/h3-6,9H,7-8H2,1-2H3,(H,17,20)(H,18,21). The van der Waals surface area contributed by atoms with E-state index in [0.717, 1.165) is 5.56 Å². The highest BCUT2D eigenvalue weighted by Crippen LogP contribution is 2.20. The quantitative estimate of drug-likeness (QED) is 0.800. The van der Waals surface area contributed by atoms with E-state index in [4.69, 9.17) is 16.3 Å². The van der Waals surface area contributed by atoms with Gasteiger partial charge in [-0.1, -0.05) is 11.6 Å². The third kappa shape index (κ3) is 4.41. The van der Waals surface area contributed by atoms with Crippen molar-refractivity contribution in [1.82, 2.24) is 10.2 Å². The highest BCUT2D eigenvalue weighted by molar-refractivity contribution is 6.30. The fraction of sp³-hybridized carbons (Fsp3) is 0.267. The second kappa shape index (κ2) is 7.72. The van der Waals surface area contributed by atoms with Crippen LogP contribution in [0, 0.1) is 6.92 Å². The number of aromatic nitrogens is 2. The van der Waals surface area contributed by atoms with E-state index in [1.54, 1.807) is 37.4 Å². The van der Waals surface area contributed by atoms with Gasteiger partial charge in [-0.3, -0.25) is 4.79 Å². The van der Waals surface area contributed by atoms with Crippen molar-refractivity contribution in [3.8, 4) is 0 Å². The molecule has 7 heteroatoms. The Hall–Kier alpha value is -2.18. The lowest BCUT2D eigenvalue weighted by Crippen LogP contribution is -2.16. The van der Waals surface area contributed by atoms with E-state index in [-0.39, 0.29) is 11.6 Å². The average molecular weight is 321 g/mol. The monoisotopic (exact) mass is 320 g/mol. The molecule has 0 aliphatic heterocycles. The lowest BCUT2D eigenvalue weighted by Gasteiger charge is -2.08. The zero-order chi connectivity index (χ0) is 15.9. The number of methoxy groups -OCH3 is 1. The number of hydrogen-bond donors (Lipinski definition) is 2. The molecule has 2 rings (SSSR count). The zero-order valence-electron chi connectivity index (χ0n) is 12.4. The Morgan fingerprint density at radius 1 is 1.27 bits per heavy atom. The number of ether oxygens (including phenoxy) is 1. The molecule has 2 aromatic rings. The van der Waals surface area contributed by atoms with Crippen LogP contribution >= 0.6 is 11.6 Å². The van der Waals surface area contributed by atoms with Crippen molar-refractivity contribution < 1.29 is 9.53 Å². The van der Waals surface area contributed by atoms with E-state index in [1.165, 1.54) is 0 Å². The maximum atomic E-state index is 12.1. The number of amides is 1. The number of nitrogens with zero attached hydrogens (tertiary/aromatic N) is 2. The molecular weight excluding hydrogens is 304 g/mol. The van der Waals surface area contributed by atoms with Gasteiger partial charge in [-0.05, 0) is 42.8 Å². The molecule has 0 saturated carbocycles. The molecule has 22 heavy (non-hydrogen) atoms. The van der Waals surface area contributed by atoms with E-state index in [9.17, 15) is 4.79 Å². The van der Waals surface area contributed by atoms with Crippen molar-refractivity contribution in [2.75, 3.05) is 30.9 Å². The van der Waals surface area contributed by atoms with Gasteiger partial charge in [0.15, 0.2) is 5.69 Å². The number of carbonyl (C=O) groups is 1. The van der Waals surface area contributed by atoms with Crippen molar-refractivity contribution in [1.29, 1.82) is 0 Å². The molecule has 0 atom stereocenters. The molecule has 6 nitrogen and oxygen atoms in total. The number of anilines is 2. The summed E-state index contributed by atoms with van der Waals surface area (Å²) in [5, 5.41) is 14.3. The zero-order valence-corrected chi connectivity index (χ0v) is 13.1. The van der Waals surface area contributed by atoms with Crippen LogP contribution < -0.4 is 10.6 Å². The molecule has 0 radical (unpaired) electrons. The molecule has 0 aliphatic carbocycles. The number of aryl methyl sites for hydroxylation is 1. The lowest BCUT2D eigenvalue weighted by atomic mass is 10.2. The number of carbonyl (C=O) groups excluding carboxylic acids is 1. The van der Waals surface area contributed by atoms with Crippen molar-refractivity contribution in [2.24, 2.45) is 0 Å². The van der Waals surface area contributed by atoms with Gasteiger partial charge in [0, 0.05) is 24.4 Å². The molecule has 1 aromatic heterocycles. The summed E-state index contributed by atoms with van der Waals surface area (Å²) in [6, 6.07) is 8.57. The molecule has 1 aromatic carbocycles. The summed E-state index contributed by atoms with van der Waals surface area (Å²) >= 11 is 5.89. The minimum atomic E-state index is -0.318. The van der Waals surface area contributed by atoms with Crippen LogP contribution in [0.3, 0.4) is 0 Å². The van der Waals surface area contributed by atoms with Crippen molar-refractivity contribution >= 4 is 29.0 Å². The molecule has 1 heterocycles. The maximum absolute atomic E-state index is 12.1. The van der Waals surface area contributed by atoms with Crippen LogP contribution in [0.2, 0.25) is 5.02 Å². The van der Waals surface area contributed by atoms with Gasteiger partial charge >= 0.3 is 0 Å². The molecule has 0 saturated heterocycles. The summed E-state index contributed by atoms with van der Waals surface area (Å²) in [4.78, 5) is 12.1. The number of rotatable bonds is 6. The van der Waals surface area contributed by atoms with Gasteiger partial charge in [-0.15, -0.1) is 10.2 Å². The first-order valence-electron chi connectivity index (χ1n) is 6.74. The van der Waals surface area contributed by atoms with E-state index in [0.29, 0.717) is 29.7 Å². The lowest BCUT2D eigenvalue weighted by molar-refractivity contribution is 0.102. The van der Waals surface area contributed by atoms with Crippen LogP contribution in [-0.2, 0) is 4.74 Å². The van der Waals surface area contributed by atoms with E-state index in [1.807, 2.05) is 6.92 Å². The first-order valence-corrected chi connectivity index (χ1v) is 7.12. The summed E-state index contributed by atoms with van der Waals surface area (Å²) in [5.41, 5.74) is 1.82. The summed E-state index contributed by atoms with van der Waals surface area (Å²) < 4.78 is 4.93. The number of benzene rings is 1. The molecule has 0 aliphatic rings. The van der Waals surface area contributed by atoms with Crippen LogP contribution in [0.4, 0.5) is 11.5 Å². The predicted molar refractivity (Wildman–Crippen MR) is 86.5 cm³/mol. The van der Waals surface area contributed by atoms with Crippen molar-refractivity contribution in [3.05, 3.63) is 46.6 Å². The van der Waals surface area contributed by atoms with Gasteiger partial charge in [-0.2, -0.15) is 0 Å². The molecule has 0 unspecified atom stereocenters. The van der Waals surface area contributed by atoms with Gasteiger partial charge < -0.3 is 15.4 Å². The Morgan fingerprint density at radius 2 is 2.09 bits per heavy atom. The number of halogens is 1. The molecule has 1 amide bonds. The highest BCUT2D eigenvalue weighted by atomic mass is 35.5.